The van der Waals surface area contributed by atoms with Crippen molar-refractivity contribution in [3.8, 4) is 0 Å². The number of nitrogens with one attached hydrogen (secondary N) is 2. The molecular formula is C10H14N2O8. The SMILES string of the molecule is O=C(O)COC(=O)C1NCCNC1C(=O)OCC(=O)O. The van der Waals surface area contributed by atoms with Gasteiger partial charge in [-0.15, -0.1) is 0 Å². The van der Waals surface area contributed by atoms with Gasteiger partial charge in [-0.1, -0.05) is 0 Å². The molecule has 0 saturated carbocycles. The summed E-state index contributed by atoms with van der Waals surface area (Å²) in [6, 6.07) is -2.27. The van der Waals surface area contributed by atoms with E-state index in [1.54, 1.807) is 0 Å². The normalized spacial score (nSPS) is 21.8. The van der Waals surface area contributed by atoms with E-state index in [2.05, 4.69) is 20.1 Å². The molecule has 1 rings (SSSR count). The van der Waals surface area contributed by atoms with E-state index in [9.17, 15) is 19.2 Å². The second kappa shape index (κ2) is 7.40. The number of ether oxygens (including phenoxy) is 2. The van der Waals surface area contributed by atoms with E-state index in [0.29, 0.717) is 13.1 Å². The van der Waals surface area contributed by atoms with Crippen LogP contribution in [0.1, 0.15) is 0 Å². The Labute approximate surface area is 113 Å². The molecule has 10 heteroatoms. The Morgan fingerprint density at radius 1 is 0.850 bits per heavy atom. The molecule has 1 aliphatic rings. The summed E-state index contributed by atoms with van der Waals surface area (Å²) in [7, 11) is 0. The van der Waals surface area contributed by atoms with Crippen LogP contribution in [0.3, 0.4) is 0 Å². The highest BCUT2D eigenvalue weighted by atomic mass is 16.6. The second-order valence-electron chi connectivity index (χ2n) is 3.87. The summed E-state index contributed by atoms with van der Waals surface area (Å²) in [5.74, 6) is -4.52. The predicted octanol–water partition coefficient (Wildman–Crippen LogP) is -2.83. The van der Waals surface area contributed by atoms with Crippen LogP contribution in [0.4, 0.5) is 0 Å². The van der Waals surface area contributed by atoms with Gasteiger partial charge in [0.05, 0.1) is 0 Å². The number of hydrogen-bond donors (Lipinski definition) is 4. The molecule has 1 aliphatic heterocycles. The van der Waals surface area contributed by atoms with E-state index >= 15 is 0 Å². The van der Waals surface area contributed by atoms with Crippen molar-refractivity contribution >= 4 is 23.9 Å². The predicted molar refractivity (Wildman–Crippen MR) is 60.8 cm³/mol. The number of carboxylic acids is 2. The molecular weight excluding hydrogens is 276 g/mol. The minimum Gasteiger partial charge on any atom is -0.479 e. The fraction of sp³-hybridized carbons (Fsp3) is 0.600. The molecule has 2 unspecified atom stereocenters. The monoisotopic (exact) mass is 290 g/mol. The Kier molecular flexibility index (Phi) is 5.87. The molecule has 0 aromatic carbocycles. The number of rotatable bonds is 6. The Morgan fingerprint density at radius 2 is 1.20 bits per heavy atom. The van der Waals surface area contributed by atoms with Gasteiger partial charge in [-0.2, -0.15) is 0 Å². The third-order valence-corrected chi connectivity index (χ3v) is 2.37. The van der Waals surface area contributed by atoms with Gasteiger partial charge in [0.15, 0.2) is 13.2 Å². The molecule has 1 fully saturated rings. The van der Waals surface area contributed by atoms with Gasteiger partial charge < -0.3 is 30.3 Å². The molecule has 0 radical (unpaired) electrons. The van der Waals surface area contributed by atoms with Gasteiger partial charge in [0.25, 0.3) is 0 Å². The van der Waals surface area contributed by atoms with E-state index in [1.165, 1.54) is 0 Å². The van der Waals surface area contributed by atoms with Crippen LogP contribution in [0.5, 0.6) is 0 Å². The maximum Gasteiger partial charge on any atom is 0.341 e. The van der Waals surface area contributed by atoms with Crippen LogP contribution in [0.25, 0.3) is 0 Å². The number of carbonyl (C=O) groups is 4. The zero-order valence-electron chi connectivity index (χ0n) is 10.3. The number of esters is 2. The Bertz CT molecular complexity index is 372. The Balaban J connectivity index is 2.61. The van der Waals surface area contributed by atoms with Crippen molar-refractivity contribution in [2.75, 3.05) is 26.3 Å². The van der Waals surface area contributed by atoms with Crippen LogP contribution in [0, 0.1) is 0 Å². The van der Waals surface area contributed by atoms with Gasteiger partial charge >= 0.3 is 23.9 Å². The highest BCUT2D eigenvalue weighted by Crippen LogP contribution is 2.04. The van der Waals surface area contributed by atoms with Crippen molar-refractivity contribution in [2.45, 2.75) is 12.1 Å². The van der Waals surface area contributed by atoms with Gasteiger partial charge in [0.1, 0.15) is 12.1 Å². The molecule has 2 atom stereocenters. The van der Waals surface area contributed by atoms with Gasteiger partial charge in [0, 0.05) is 13.1 Å². The summed E-state index contributed by atoms with van der Waals surface area (Å²) in [6.07, 6.45) is 0. The first-order chi connectivity index (χ1) is 9.41. The van der Waals surface area contributed by atoms with Crippen molar-refractivity contribution < 1.29 is 38.9 Å². The molecule has 0 spiro atoms. The maximum absolute atomic E-state index is 11.6. The second-order valence-corrected chi connectivity index (χ2v) is 3.87. The fourth-order valence-electron chi connectivity index (χ4n) is 1.58. The topological polar surface area (TPSA) is 151 Å². The summed E-state index contributed by atoms with van der Waals surface area (Å²) < 4.78 is 8.97. The largest absolute Gasteiger partial charge is 0.479 e. The Hall–Kier alpha value is -2.20. The number of aliphatic carboxylic acids is 2. The first-order valence-corrected chi connectivity index (χ1v) is 5.65. The van der Waals surface area contributed by atoms with Gasteiger partial charge in [-0.05, 0) is 0 Å². The molecule has 0 aromatic rings. The summed E-state index contributed by atoms with van der Waals surface area (Å²) in [4.78, 5) is 43.9. The molecule has 1 saturated heterocycles. The van der Waals surface area contributed by atoms with Gasteiger partial charge in [-0.25, -0.2) is 9.59 Å². The first-order valence-electron chi connectivity index (χ1n) is 5.65. The third kappa shape index (κ3) is 4.82. The molecule has 0 aromatic heterocycles. The van der Waals surface area contributed by atoms with E-state index in [1.807, 2.05) is 0 Å². The van der Waals surface area contributed by atoms with Crippen LogP contribution in [0.2, 0.25) is 0 Å². The fourth-order valence-corrected chi connectivity index (χ4v) is 1.58. The lowest BCUT2D eigenvalue weighted by molar-refractivity contribution is -0.163. The zero-order chi connectivity index (χ0) is 15.1. The minimum absolute atomic E-state index is 0.357. The average molecular weight is 290 g/mol. The van der Waals surface area contributed by atoms with E-state index < -0.39 is 49.2 Å². The van der Waals surface area contributed by atoms with Crippen molar-refractivity contribution in [3.05, 3.63) is 0 Å². The van der Waals surface area contributed by atoms with E-state index in [0.717, 1.165) is 0 Å². The molecule has 4 N–H and O–H groups in total. The van der Waals surface area contributed by atoms with E-state index in [-0.39, 0.29) is 0 Å². The molecule has 1 heterocycles. The van der Waals surface area contributed by atoms with Crippen molar-refractivity contribution in [1.29, 1.82) is 0 Å². The van der Waals surface area contributed by atoms with Gasteiger partial charge in [-0.3, -0.25) is 9.59 Å². The van der Waals surface area contributed by atoms with Crippen LogP contribution < -0.4 is 10.6 Å². The molecule has 10 nitrogen and oxygen atoms in total. The molecule has 112 valence electrons. The quantitative estimate of drug-likeness (QED) is 0.377. The van der Waals surface area contributed by atoms with Crippen LogP contribution in [-0.4, -0.2) is 72.5 Å². The Morgan fingerprint density at radius 3 is 1.50 bits per heavy atom. The number of carbonyl (C=O) groups excluding carboxylic acids is 2. The summed E-state index contributed by atoms with van der Waals surface area (Å²) >= 11 is 0. The lowest BCUT2D eigenvalue weighted by Crippen LogP contribution is -2.63. The lowest BCUT2D eigenvalue weighted by atomic mass is 10.1. The maximum atomic E-state index is 11.6. The summed E-state index contributed by atoms with van der Waals surface area (Å²) in [6.45, 7) is -0.938. The summed E-state index contributed by atoms with van der Waals surface area (Å²) in [5, 5.41) is 22.2. The first kappa shape index (κ1) is 15.9. The third-order valence-electron chi connectivity index (χ3n) is 2.37. The number of piperazine rings is 1. The number of hydrogen-bond acceptors (Lipinski definition) is 8. The van der Waals surface area contributed by atoms with Gasteiger partial charge in [0.2, 0.25) is 0 Å². The number of carboxylic acid groups (broad SMARTS) is 2. The van der Waals surface area contributed by atoms with Crippen LogP contribution in [0.15, 0.2) is 0 Å². The molecule has 0 aliphatic carbocycles. The zero-order valence-corrected chi connectivity index (χ0v) is 10.3. The highest BCUT2D eigenvalue weighted by molar-refractivity contribution is 5.89. The smallest absolute Gasteiger partial charge is 0.341 e. The van der Waals surface area contributed by atoms with Crippen molar-refractivity contribution in [2.24, 2.45) is 0 Å². The van der Waals surface area contributed by atoms with E-state index in [4.69, 9.17) is 10.2 Å². The molecule has 0 bridgehead atoms. The average Bonchev–Trinajstić information content (AvgIpc) is 2.42. The van der Waals surface area contributed by atoms with Crippen LogP contribution in [-0.2, 0) is 28.7 Å². The molecule has 20 heavy (non-hydrogen) atoms. The lowest BCUT2D eigenvalue weighted by Gasteiger charge is -2.30. The summed E-state index contributed by atoms with van der Waals surface area (Å²) in [5.41, 5.74) is 0. The standard InChI is InChI=1S/C10H14N2O8/c13-5(14)3-19-9(17)7-8(12-2-1-11-7)10(18)20-4-6(15)16/h7-8,11-12H,1-4H2,(H,13,14)(H,15,16). The molecule has 0 amide bonds. The van der Waals surface area contributed by atoms with Crippen molar-refractivity contribution in [1.82, 2.24) is 10.6 Å². The van der Waals surface area contributed by atoms with Crippen molar-refractivity contribution in [3.63, 3.8) is 0 Å². The van der Waals surface area contributed by atoms with Crippen LogP contribution >= 0.6 is 0 Å². The highest BCUT2D eigenvalue weighted by Gasteiger charge is 2.38. The minimum atomic E-state index is -1.33.